The van der Waals surface area contributed by atoms with Gasteiger partial charge in [-0.1, -0.05) is 18.2 Å². The first-order valence-corrected chi connectivity index (χ1v) is 7.60. The Balaban J connectivity index is 1.69. The van der Waals surface area contributed by atoms with E-state index in [9.17, 15) is 18.0 Å². The Hall–Kier alpha value is -1.92. The molecule has 1 heterocycles. The van der Waals surface area contributed by atoms with Crippen molar-refractivity contribution in [2.45, 2.75) is 30.9 Å². The van der Waals surface area contributed by atoms with Gasteiger partial charge in [-0.25, -0.2) is 4.79 Å². The second-order valence-corrected chi connectivity index (χ2v) is 6.27. The van der Waals surface area contributed by atoms with Crippen molar-refractivity contribution >= 4 is 6.09 Å². The third kappa shape index (κ3) is 2.96. The highest BCUT2D eigenvalue weighted by molar-refractivity contribution is 5.65. The second-order valence-electron chi connectivity index (χ2n) is 6.27. The third-order valence-electron chi connectivity index (χ3n) is 4.73. The number of nitrogens with zero attached hydrogens (tertiary/aromatic N) is 1. The van der Waals surface area contributed by atoms with Crippen LogP contribution in [0.15, 0.2) is 24.3 Å². The quantitative estimate of drug-likeness (QED) is 0.917. The molecule has 2 fully saturated rings. The van der Waals surface area contributed by atoms with Crippen molar-refractivity contribution in [1.82, 2.24) is 4.90 Å². The monoisotopic (exact) mass is 329 g/mol. The van der Waals surface area contributed by atoms with Gasteiger partial charge in [-0.15, -0.1) is 0 Å². The lowest BCUT2D eigenvalue weighted by Gasteiger charge is -2.23. The maximum Gasteiger partial charge on any atom is 0.407 e. The van der Waals surface area contributed by atoms with Crippen molar-refractivity contribution in [1.29, 1.82) is 0 Å². The fraction of sp³-hybridized carbons (Fsp3) is 0.562. The van der Waals surface area contributed by atoms with Crippen molar-refractivity contribution in [2.75, 3.05) is 19.7 Å². The van der Waals surface area contributed by atoms with Gasteiger partial charge in [0.1, 0.15) is 5.75 Å². The number of benzene rings is 1. The van der Waals surface area contributed by atoms with Gasteiger partial charge in [-0.05, 0) is 25.3 Å². The molecular weight excluding hydrogens is 311 g/mol. The van der Waals surface area contributed by atoms with Gasteiger partial charge in [0.25, 0.3) is 0 Å². The van der Waals surface area contributed by atoms with Crippen LogP contribution in [0.25, 0.3) is 0 Å². The molecule has 2 aliphatic rings. The zero-order valence-corrected chi connectivity index (χ0v) is 12.5. The standard InChI is InChI=1S/C16H18F3NO3/c17-16(18,19)15(6-7-15)12-3-1-2-4-13(12)23-10-11-5-8-20(9-11)14(21)22/h1-4,11H,5-10H2,(H,21,22)/t11-/m0/s1. The molecule has 1 aromatic carbocycles. The molecule has 1 amide bonds. The summed E-state index contributed by atoms with van der Waals surface area (Å²) in [6, 6.07) is 6.29. The molecule has 3 rings (SSSR count). The van der Waals surface area contributed by atoms with Crippen molar-refractivity contribution in [3.05, 3.63) is 29.8 Å². The zero-order chi connectivity index (χ0) is 16.7. The first kappa shape index (κ1) is 16.0. The average Bonchev–Trinajstić information content (AvgIpc) is 3.18. The molecule has 4 nitrogen and oxygen atoms in total. The van der Waals surface area contributed by atoms with Crippen LogP contribution in [0.4, 0.5) is 18.0 Å². The van der Waals surface area contributed by atoms with E-state index in [0.717, 1.165) is 0 Å². The van der Waals surface area contributed by atoms with Crippen molar-refractivity contribution in [3.63, 3.8) is 0 Å². The maximum absolute atomic E-state index is 13.3. The number of amides is 1. The molecule has 0 spiro atoms. The normalized spacial score (nSPS) is 22.9. The summed E-state index contributed by atoms with van der Waals surface area (Å²) >= 11 is 0. The van der Waals surface area contributed by atoms with Crippen LogP contribution >= 0.6 is 0 Å². The average molecular weight is 329 g/mol. The van der Waals surface area contributed by atoms with E-state index in [2.05, 4.69) is 0 Å². The van der Waals surface area contributed by atoms with Crippen LogP contribution in [0.1, 0.15) is 24.8 Å². The van der Waals surface area contributed by atoms with E-state index < -0.39 is 17.7 Å². The van der Waals surface area contributed by atoms with E-state index in [-0.39, 0.29) is 36.7 Å². The molecule has 23 heavy (non-hydrogen) atoms. The molecule has 1 saturated heterocycles. The predicted molar refractivity (Wildman–Crippen MR) is 76.6 cm³/mol. The number of para-hydroxylation sites is 1. The number of carbonyl (C=O) groups is 1. The van der Waals surface area contributed by atoms with Gasteiger partial charge in [0.2, 0.25) is 0 Å². The summed E-state index contributed by atoms with van der Waals surface area (Å²) in [4.78, 5) is 12.2. The van der Waals surface area contributed by atoms with Gasteiger partial charge in [0.15, 0.2) is 0 Å². The summed E-state index contributed by atoms with van der Waals surface area (Å²) in [5, 5.41) is 8.92. The molecule has 0 bridgehead atoms. The summed E-state index contributed by atoms with van der Waals surface area (Å²) < 4.78 is 45.6. The third-order valence-corrected chi connectivity index (χ3v) is 4.73. The fourth-order valence-electron chi connectivity index (χ4n) is 3.17. The molecule has 0 radical (unpaired) electrons. The number of hydrogen-bond acceptors (Lipinski definition) is 2. The Labute approximate surface area is 131 Å². The fourth-order valence-corrected chi connectivity index (χ4v) is 3.17. The Bertz CT molecular complexity index is 598. The van der Waals surface area contributed by atoms with Crippen LogP contribution in [-0.4, -0.2) is 42.0 Å². The first-order valence-electron chi connectivity index (χ1n) is 7.60. The number of carboxylic acid groups (broad SMARTS) is 1. The number of likely N-dealkylation sites (tertiary alicyclic amines) is 1. The minimum Gasteiger partial charge on any atom is -0.493 e. The SMILES string of the molecule is O=C(O)N1CC[C@H](COc2ccccc2C2(C(F)(F)F)CC2)C1. The molecule has 1 saturated carbocycles. The Morgan fingerprint density at radius 2 is 2.04 bits per heavy atom. The topological polar surface area (TPSA) is 49.8 Å². The molecule has 0 aromatic heterocycles. The number of halogens is 3. The molecule has 0 unspecified atom stereocenters. The van der Waals surface area contributed by atoms with Crippen molar-refractivity contribution in [2.24, 2.45) is 5.92 Å². The van der Waals surface area contributed by atoms with Crippen LogP contribution in [-0.2, 0) is 5.41 Å². The lowest BCUT2D eigenvalue weighted by Crippen LogP contribution is -2.30. The summed E-state index contributed by atoms with van der Waals surface area (Å²) in [6.07, 6.45) is -4.40. The van der Waals surface area contributed by atoms with Gasteiger partial charge < -0.3 is 14.7 Å². The molecule has 1 atom stereocenters. The maximum atomic E-state index is 13.3. The lowest BCUT2D eigenvalue weighted by atomic mass is 9.94. The van der Waals surface area contributed by atoms with E-state index in [1.54, 1.807) is 18.2 Å². The predicted octanol–water partition coefficient (Wildman–Crippen LogP) is 3.66. The molecule has 1 aliphatic carbocycles. The van der Waals surface area contributed by atoms with Gasteiger partial charge in [0.05, 0.1) is 12.0 Å². The molecule has 1 aliphatic heterocycles. The number of hydrogen-bond donors (Lipinski definition) is 1. The molecule has 126 valence electrons. The highest BCUT2D eigenvalue weighted by Crippen LogP contribution is 2.60. The molecule has 1 aromatic rings. The van der Waals surface area contributed by atoms with E-state index >= 15 is 0 Å². The zero-order valence-electron chi connectivity index (χ0n) is 12.5. The van der Waals surface area contributed by atoms with Gasteiger partial charge in [0, 0.05) is 24.6 Å². The molecular formula is C16H18F3NO3. The van der Waals surface area contributed by atoms with Gasteiger partial charge in [-0.2, -0.15) is 13.2 Å². The Kier molecular flexibility index (Phi) is 3.90. The van der Waals surface area contributed by atoms with E-state index in [1.165, 1.54) is 11.0 Å². The Morgan fingerprint density at radius 3 is 2.61 bits per heavy atom. The number of alkyl halides is 3. The van der Waals surface area contributed by atoms with Crippen molar-refractivity contribution < 1.29 is 27.8 Å². The van der Waals surface area contributed by atoms with Crippen LogP contribution in [0, 0.1) is 5.92 Å². The molecule has 7 heteroatoms. The van der Waals surface area contributed by atoms with Crippen LogP contribution in [0.3, 0.4) is 0 Å². The van der Waals surface area contributed by atoms with Crippen molar-refractivity contribution in [3.8, 4) is 5.75 Å². The Morgan fingerprint density at radius 1 is 1.35 bits per heavy atom. The van der Waals surface area contributed by atoms with Crippen LogP contribution in [0.5, 0.6) is 5.75 Å². The van der Waals surface area contributed by atoms with Gasteiger partial charge in [-0.3, -0.25) is 0 Å². The summed E-state index contributed by atoms with van der Waals surface area (Å²) in [6.45, 7) is 1.04. The smallest absolute Gasteiger partial charge is 0.407 e. The minimum absolute atomic E-state index is 0.0141. The summed E-state index contributed by atoms with van der Waals surface area (Å²) in [5.41, 5.74) is -1.58. The highest BCUT2D eigenvalue weighted by Gasteiger charge is 2.65. The van der Waals surface area contributed by atoms with E-state index in [0.29, 0.717) is 19.5 Å². The highest BCUT2D eigenvalue weighted by atomic mass is 19.4. The summed E-state index contributed by atoms with van der Waals surface area (Å²) in [7, 11) is 0. The van der Waals surface area contributed by atoms with E-state index in [1.807, 2.05) is 0 Å². The van der Waals surface area contributed by atoms with Crippen LogP contribution in [0.2, 0.25) is 0 Å². The molecule has 1 N–H and O–H groups in total. The van der Waals surface area contributed by atoms with Gasteiger partial charge >= 0.3 is 12.3 Å². The lowest BCUT2D eigenvalue weighted by molar-refractivity contribution is -0.161. The first-order chi connectivity index (χ1) is 10.8. The summed E-state index contributed by atoms with van der Waals surface area (Å²) in [5.74, 6) is 0.274. The van der Waals surface area contributed by atoms with Crippen LogP contribution < -0.4 is 4.74 Å². The second kappa shape index (κ2) is 5.62. The van der Waals surface area contributed by atoms with E-state index in [4.69, 9.17) is 9.84 Å². The minimum atomic E-state index is -4.28. The number of rotatable bonds is 4. The largest absolute Gasteiger partial charge is 0.493 e. The number of ether oxygens (including phenoxy) is 1.